The molecule has 0 unspecified atom stereocenters. The number of guanidine groups is 1. The van der Waals surface area contributed by atoms with E-state index in [-0.39, 0.29) is 0 Å². The SMILES string of the molecule is CN=C(NCc1coc(-c2ccc(C)cc2)n1)NCc1ccccc1N1CCOCC1. The number of para-hydroxylation sites is 1. The number of aliphatic imine (C=N–C) groups is 1. The summed E-state index contributed by atoms with van der Waals surface area (Å²) in [6, 6.07) is 16.6. The van der Waals surface area contributed by atoms with E-state index in [2.05, 4.69) is 68.8 Å². The van der Waals surface area contributed by atoms with Gasteiger partial charge in [0.1, 0.15) is 6.26 Å². The number of anilines is 1. The van der Waals surface area contributed by atoms with Gasteiger partial charge in [-0.05, 0) is 30.7 Å². The minimum atomic E-state index is 0.528. The Hall–Kier alpha value is -3.32. The predicted octanol–water partition coefficient (Wildman–Crippen LogP) is 3.35. The van der Waals surface area contributed by atoms with Gasteiger partial charge in [-0.1, -0.05) is 35.9 Å². The topological polar surface area (TPSA) is 74.9 Å². The Morgan fingerprint density at radius 3 is 2.55 bits per heavy atom. The zero-order chi connectivity index (χ0) is 21.5. The number of ether oxygens (including phenoxy) is 1. The summed E-state index contributed by atoms with van der Waals surface area (Å²) in [6.45, 7) is 6.65. The van der Waals surface area contributed by atoms with Gasteiger partial charge in [0, 0.05) is 37.9 Å². The minimum absolute atomic E-state index is 0.528. The average molecular weight is 420 g/mol. The first kappa shape index (κ1) is 20.9. The fourth-order valence-corrected chi connectivity index (χ4v) is 3.56. The Labute approximate surface area is 183 Å². The highest BCUT2D eigenvalue weighted by Crippen LogP contribution is 2.21. The number of aryl methyl sites for hydroxylation is 1. The van der Waals surface area contributed by atoms with E-state index in [0.717, 1.165) is 43.5 Å². The second-order valence-electron chi connectivity index (χ2n) is 7.52. The Morgan fingerprint density at radius 1 is 1.03 bits per heavy atom. The van der Waals surface area contributed by atoms with Crippen molar-refractivity contribution in [3.8, 4) is 11.5 Å². The molecule has 0 amide bonds. The molecule has 1 saturated heterocycles. The molecule has 0 bridgehead atoms. The summed E-state index contributed by atoms with van der Waals surface area (Å²) < 4.78 is 11.1. The van der Waals surface area contributed by atoms with Crippen LogP contribution < -0.4 is 15.5 Å². The van der Waals surface area contributed by atoms with Crippen LogP contribution in [-0.2, 0) is 17.8 Å². The van der Waals surface area contributed by atoms with Crippen LogP contribution in [-0.4, -0.2) is 44.3 Å². The molecule has 1 aliphatic rings. The van der Waals surface area contributed by atoms with Crippen LogP contribution >= 0.6 is 0 Å². The number of aromatic nitrogens is 1. The van der Waals surface area contributed by atoms with Crippen LogP contribution in [0.2, 0.25) is 0 Å². The van der Waals surface area contributed by atoms with Crippen LogP contribution in [0.4, 0.5) is 5.69 Å². The van der Waals surface area contributed by atoms with Gasteiger partial charge in [-0.2, -0.15) is 0 Å². The maximum Gasteiger partial charge on any atom is 0.226 e. The van der Waals surface area contributed by atoms with E-state index in [1.54, 1.807) is 13.3 Å². The molecule has 0 aliphatic carbocycles. The molecular formula is C24H29N5O2. The summed E-state index contributed by atoms with van der Waals surface area (Å²) in [5.41, 5.74) is 5.48. The van der Waals surface area contributed by atoms with Crippen molar-refractivity contribution in [1.29, 1.82) is 0 Å². The van der Waals surface area contributed by atoms with Gasteiger partial charge in [-0.15, -0.1) is 0 Å². The molecule has 1 fully saturated rings. The number of oxazole rings is 1. The van der Waals surface area contributed by atoms with E-state index in [9.17, 15) is 0 Å². The summed E-state index contributed by atoms with van der Waals surface area (Å²) in [6.07, 6.45) is 1.68. The van der Waals surface area contributed by atoms with Crippen LogP contribution in [0.15, 0.2) is 64.2 Å². The summed E-state index contributed by atoms with van der Waals surface area (Å²) in [7, 11) is 1.77. The standard InChI is InChI=1S/C24H29N5O2/c1-18-7-9-19(10-8-18)23-28-21(17-31-23)16-27-24(25-2)26-15-20-5-3-4-6-22(20)29-11-13-30-14-12-29/h3-10,17H,11-16H2,1-2H3,(H2,25,26,27). The Bertz CT molecular complexity index is 1010. The number of hydrogen-bond acceptors (Lipinski definition) is 5. The summed E-state index contributed by atoms with van der Waals surface area (Å²) in [4.78, 5) is 11.3. The second-order valence-corrected chi connectivity index (χ2v) is 7.52. The molecule has 0 spiro atoms. The van der Waals surface area contributed by atoms with Gasteiger partial charge >= 0.3 is 0 Å². The van der Waals surface area contributed by atoms with Gasteiger partial charge in [-0.3, -0.25) is 4.99 Å². The number of benzene rings is 2. The lowest BCUT2D eigenvalue weighted by Gasteiger charge is -2.30. The number of nitrogens with one attached hydrogen (secondary N) is 2. The maximum atomic E-state index is 5.64. The Balaban J connectivity index is 1.33. The summed E-state index contributed by atoms with van der Waals surface area (Å²) in [5.74, 6) is 1.34. The van der Waals surface area contributed by atoms with Crippen molar-refractivity contribution in [2.45, 2.75) is 20.0 Å². The molecule has 7 heteroatoms. The third-order valence-corrected chi connectivity index (χ3v) is 5.30. The van der Waals surface area contributed by atoms with Crippen LogP contribution in [0.3, 0.4) is 0 Å². The van der Waals surface area contributed by atoms with Crippen molar-refractivity contribution >= 4 is 11.6 Å². The van der Waals surface area contributed by atoms with Crippen molar-refractivity contribution in [2.24, 2.45) is 4.99 Å². The van der Waals surface area contributed by atoms with Gasteiger partial charge in [0.05, 0.1) is 25.5 Å². The molecule has 162 valence electrons. The summed E-state index contributed by atoms with van der Waals surface area (Å²) >= 11 is 0. The highest BCUT2D eigenvalue weighted by Gasteiger charge is 2.14. The van der Waals surface area contributed by atoms with Gasteiger partial charge in [0.25, 0.3) is 0 Å². The Kier molecular flexibility index (Phi) is 6.84. The first-order chi connectivity index (χ1) is 15.2. The fraction of sp³-hybridized carbons (Fsp3) is 0.333. The third-order valence-electron chi connectivity index (χ3n) is 5.30. The van der Waals surface area contributed by atoms with Crippen molar-refractivity contribution < 1.29 is 9.15 Å². The van der Waals surface area contributed by atoms with Crippen LogP contribution in [0.1, 0.15) is 16.8 Å². The molecule has 31 heavy (non-hydrogen) atoms. The third kappa shape index (κ3) is 5.44. The van der Waals surface area contributed by atoms with Crippen LogP contribution in [0, 0.1) is 6.92 Å². The van der Waals surface area contributed by atoms with Gasteiger partial charge in [-0.25, -0.2) is 4.98 Å². The molecule has 0 saturated carbocycles. The van der Waals surface area contributed by atoms with Crippen LogP contribution in [0.25, 0.3) is 11.5 Å². The molecule has 0 radical (unpaired) electrons. The quantitative estimate of drug-likeness (QED) is 0.471. The highest BCUT2D eigenvalue weighted by atomic mass is 16.5. The lowest BCUT2D eigenvalue weighted by Crippen LogP contribution is -2.39. The van der Waals surface area contributed by atoms with Gasteiger partial charge < -0.3 is 24.7 Å². The smallest absolute Gasteiger partial charge is 0.226 e. The molecule has 1 aliphatic heterocycles. The molecule has 3 aromatic rings. The van der Waals surface area contributed by atoms with E-state index in [4.69, 9.17) is 9.15 Å². The maximum absolute atomic E-state index is 5.64. The van der Waals surface area contributed by atoms with Crippen molar-refractivity contribution in [3.63, 3.8) is 0 Å². The molecule has 7 nitrogen and oxygen atoms in total. The highest BCUT2D eigenvalue weighted by molar-refractivity contribution is 5.79. The first-order valence-corrected chi connectivity index (χ1v) is 10.6. The molecule has 1 aromatic heterocycles. The molecule has 2 aromatic carbocycles. The predicted molar refractivity (Wildman–Crippen MR) is 123 cm³/mol. The normalized spacial score (nSPS) is 14.5. The van der Waals surface area contributed by atoms with E-state index in [1.165, 1.54) is 16.8 Å². The largest absolute Gasteiger partial charge is 0.444 e. The molecule has 0 atom stereocenters. The molecule has 4 rings (SSSR count). The van der Waals surface area contributed by atoms with E-state index < -0.39 is 0 Å². The monoisotopic (exact) mass is 419 g/mol. The first-order valence-electron chi connectivity index (χ1n) is 10.6. The Morgan fingerprint density at radius 2 is 1.77 bits per heavy atom. The number of nitrogens with zero attached hydrogens (tertiary/aromatic N) is 3. The summed E-state index contributed by atoms with van der Waals surface area (Å²) in [5, 5.41) is 6.71. The van der Waals surface area contributed by atoms with Gasteiger partial charge in [0.2, 0.25) is 5.89 Å². The van der Waals surface area contributed by atoms with Crippen molar-refractivity contribution in [1.82, 2.24) is 15.6 Å². The van der Waals surface area contributed by atoms with E-state index in [0.29, 0.717) is 19.0 Å². The minimum Gasteiger partial charge on any atom is -0.444 e. The molecule has 2 heterocycles. The van der Waals surface area contributed by atoms with Crippen LogP contribution in [0.5, 0.6) is 0 Å². The van der Waals surface area contributed by atoms with Crippen molar-refractivity contribution in [2.75, 3.05) is 38.3 Å². The van der Waals surface area contributed by atoms with E-state index in [1.807, 2.05) is 12.1 Å². The number of hydrogen-bond donors (Lipinski definition) is 2. The van der Waals surface area contributed by atoms with E-state index >= 15 is 0 Å². The zero-order valence-electron chi connectivity index (χ0n) is 18.1. The fourth-order valence-electron chi connectivity index (χ4n) is 3.56. The average Bonchev–Trinajstić information content (AvgIpc) is 3.29. The lowest BCUT2D eigenvalue weighted by molar-refractivity contribution is 0.122. The number of morpholine rings is 1. The lowest BCUT2D eigenvalue weighted by atomic mass is 10.1. The molecular weight excluding hydrogens is 390 g/mol. The molecule has 2 N–H and O–H groups in total. The van der Waals surface area contributed by atoms with Crippen molar-refractivity contribution in [3.05, 3.63) is 71.6 Å². The zero-order valence-corrected chi connectivity index (χ0v) is 18.1. The second kappa shape index (κ2) is 10.1. The van der Waals surface area contributed by atoms with Gasteiger partial charge in [0.15, 0.2) is 5.96 Å². The number of rotatable bonds is 6.